The van der Waals surface area contributed by atoms with Crippen molar-refractivity contribution in [3.63, 3.8) is 0 Å². The molecule has 0 amide bonds. The predicted octanol–water partition coefficient (Wildman–Crippen LogP) is 2.99. The molecule has 2 nitrogen and oxygen atoms in total. The van der Waals surface area contributed by atoms with E-state index in [2.05, 4.69) is 11.9 Å². The van der Waals surface area contributed by atoms with Gasteiger partial charge in [0.1, 0.15) is 18.1 Å². The van der Waals surface area contributed by atoms with Crippen molar-refractivity contribution >= 4 is 11.6 Å². The van der Waals surface area contributed by atoms with Crippen molar-refractivity contribution < 1.29 is 14.1 Å². The Hall–Kier alpha value is -1.58. The summed E-state index contributed by atoms with van der Waals surface area (Å²) in [5, 5.41) is 2.18. The summed E-state index contributed by atoms with van der Waals surface area (Å²) in [6.07, 6.45) is 1.84. The molecule has 0 fully saturated rings. The maximum atomic E-state index is 13.0. The van der Waals surface area contributed by atoms with Crippen molar-refractivity contribution in [2.24, 2.45) is 0 Å². The number of hydrogen-bond donors (Lipinski definition) is 1. The number of rotatable bonds is 5. The summed E-state index contributed by atoms with van der Waals surface area (Å²) < 4.78 is 18.7. The fourth-order valence-electron chi connectivity index (χ4n) is 1.64. The van der Waals surface area contributed by atoms with Crippen molar-refractivity contribution in [3.05, 3.63) is 59.6 Å². The van der Waals surface area contributed by atoms with Crippen molar-refractivity contribution in [2.75, 3.05) is 6.54 Å². The average molecular weight is 267 g/mol. The molecule has 0 atom stereocenters. The minimum atomic E-state index is -0.425. The van der Waals surface area contributed by atoms with Crippen LogP contribution >= 0.6 is 11.6 Å². The van der Waals surface area contributed by atoms with Crippen LogP contribution in [0.1, 0.15) is 5.76 Å². The van der Waals surface area contributed by atoms with Gasteiger partial charge in [-0.2, -0.15) is 0 Å². The van der Waals surface area contributed by atoms with Crippen LogP contribution in [-0.4, -0.2) is 6.54 Å². The summed E-state index contributed by atoms with van der Waals surface area (Å²) in [6.45, 7) is 5.25. The number of nitrogens with two attached hydrogens (primary N) is 1. The van der Waals surface area contributed by atoms with Crippen molar-refractivity contribution in [1.29, 1.82) is 0 Å². The summed E-state index contributed by atoms with van der Waals surface area (Å²) in [5.74, 6) is 1.14. The second-order valence-electron chi connectivity index (χ2n) is 3.91. The summed E-state index contributed by atoms with van der Waals surface area (Å²) >= 11 is 5.74. The lowest BCUT2D eigenvalue weighted by Crippen LogP contribution is -2.82. The van der Waals surface area contributed by atoms with Gasteiger partial charge in [0.05, 0.1) is 11.6 Å². The van der Waals surface area contributed by atoms with Crippen LogP contribution in [0.25, 0.3) is 11.3 Å². The highest BCUT2D eigenvalue weighted by Gasteiger charge is 2.08. The van der Waals surface area contributed by atoms with E-state index in [1.165, 1.54) is 6.07 Å². The molecule has 1 heterocycles. The minimum Gasteiger partial charge on any atom is -0.455 e. The largest absolute Gasteiger partial charge is 0.455 e. The van der Waals surface area contributed by atoms with Gasteiger partial charge >= 0.3 is 0 Å². The van der Waals surface area contributed by atoms with Crippen LogP contribution in [0.4, 0.5) is 4.39 Å². The van der Waals surface area contributed by atoms with Crippen LogP contribution in [0, 0.1) is 5.82 Å². The second-order valence-corrected chi connectivity index (χ2v) is 4.32. The lowest BCUT2D eigenvalue weighted by molar-refractivity contribution is -0.663. The van der Waals surface area contributed by atoms with E-state index in [-0.39, 0.29) is 5.02 Å². The van der Waals surface area contributed by atoms with Gasteiger partial charge in [-0.05, 0) is 36.4 Å². The van der Waals surface area contributed by atoms with Crippen LogP contribution in [0.3, 0.4) is 0 Å². The highest BCUT2D eigenvalue weighted by atomic mass is 35.5. The Kier molecular flexibility index (Phi) is 4.18. The first kappa shape index (κ1) is 12.9. The van der Waals surface area contributed by atoms with Crippen molar-refractivity contribution in [1.82, 2.24) is 0 Å². The Morgan fingerprint density at radius 2 is 2.17 bits per heavy atom. The summed E-state index contributed by atoms with van der Waals surface area (Å²) in [4.78, 5) is 0. The van der Waals surface area contributed by atoms with E-state index in [0.29, 0.717) is 5.76 Å². The molecule has 2 N–H and O–H groups in total. The molecule has 2 aromatic rings. The molecular weight excluding hydrogens is 253 g/mol. The average Bonchev–Trinajstić information content (AvgIpc) is 2.82. The summed E-state index contributed by atoms with van der Waals surface area (Å²) in [5.41, 5.74) is 0.774. The predicted molar refractivity (Wildman–Crippen MR) is 69.8 cm³/mol. The van der Waals surface area contributed by atoms with Crippen LogP contribution in [-0.2, 0) is 6.54 Å². The van der Waals surface area contributed by atoms with Gasteiger partial charge in [-0.3, -0.25) is 0 Å². The Morgan fingerprint density at radius 1 is 1.33 bits per heavy atom. The first-order valence-corrected chi connectivity index (χ1v) is 6.05. The van der Waals surface area contributed by atoms with Gasteiger partial charge in [-0.25, -0.2) is 4.39 Å². The van der Waals surface area contributed by atoms with Crippen LogP contribution in [0.5, 0.6) is 0 Å². The molecule has 0 aliphatic rings. The van der Waals surface area contributed by atoms with Gasteiger partial charge in [0, 0.05) is 5.56 Å². The SMILES string of the molecule is C=CC[NH2+]Cc1ccc(-c2ccc(F)c(Cl)c2)o1. The molecule has 0 aliphatic carbocycles. The highest BCUT2D eigenvalue weighted by Crippen LogP contribution is 2.26. The van der Waals surface area contributed by atoms with Crippen molar-refractivity contribution in [3.8, 4) is 11.3 Å². The zero-order valence-corrected chi connectivity index (χ0v) is 10.6. The molecule has 0 spiro atoms. The van der Waals surface area contributed by atoms with E-state index < -0.39 is 5.82 Å². The molecule has 0 bridgehead atoms. The Balaban J connectivity index is 2.13. The molecule has 0 saturated heterocycles. The lowest BCUT2D eigenvalue weighted by atomic mass is 10.2. The Bertz CT molecular complexity index is 550. The van der Waals surface area contributed by atoms with Gasteiger partial charge in [-0.1, -0.05) is 18.2 Å². The lowest BCUT2D eigenvalue weighted by Gasteiger charge is -1.99. The third-order valence-corrected chi connectivity index (χ3v) is 2.83. The van der Waals surface area contributed by atoms with Gasteiger partial charge in [0.15, 0.2) is 5.76 Å². The second kappa shape index (κ2) is 5.85. The minimum absolute atomic E-state index is 0.101. The normalized spacial score (nSPS) is 10.6. The van der Waals surface area contributed by atoms with Crippen LogP contribution in [0.15, 0.2) is 47.4 Å². The number of halogens is 2. The zero-order chi connectivity index (χ0) is 13.0. The summed E-state index contributed by atoms with van der Waals surface area (Å²) in [6, 6.07) is 8.32. The number of hydrogen-bond acceptors (Lipinski definition) is 1. The molecule has 0 aliphatic heterocycles. The molecule has 0 saturated carbocycles. The first-order valence-electron chi connectivity index (χ1n) is 5.67. The van der Waals surface area contributed by atoms with E-state index in [1.807, 2.05) is 18.2 Å². The number of quaternary nitrogens is 1. The molecule has 0 radical (unpaired) electrons. The molecule has 2 rings (SSSR count). The topological polar surface area (TPSA) is 29.8 Å². The molecule has 94 valence electrons. The molecule has 0 unspecified atom stereocenters. The molecule has 1 aromatic carbocycles. The van der Waals surface area contributed by atoms with Crippen LogP contribution < -0.4 is 5.32 Å². The number of furan rings is 1. The first-order chi connectivity index (χ1) is 8.70. The fourth-order valence-corrected chi connectivity index (χ4v) is 1.82. The Morgan fingerprint density at radius 3 is 2.89 bits per heavy atom. The van der Waals surface area contributed by atoms with E-state index in [4.69, 9.17) is 16.0 Å². The maximum Gasteiger partial charge on any atom is 0.158 e. The molecule has 18 heavy (non-hydrogen) atoms. The quantitative estimate of drug-likeness (QED) is 0.654. The fraction of sp³-hybridized carbons (Fsp3) is 0.143. The molecule has 1 aromatic heterocycles. The van der Waals surface area contributed by atoms with E-state index in [1.54, 1.807) is 12.1 Å². The van der Waals surface area contributed by atoms with Gasteiger partial charge in [0.25, 0.3) is 0 Å². The third kappa shape index (κ3) is 3.00. The van der Waals surface area contributed by atoms with Crippen LogP contribution in [0.2, 0.25) is 5.02 Å². The number of benzene rings is 1. The molecule has 4 heteroatoms. The van der Waals surface area contributed by atoms with E-state index in [0.717, 1.165) is 24.4 Å². The van der Waals surface area contributed by atoms with E-state index in [9.17, 15) is 4.39 Å². The van der Waals surface area contributed by atoms with E-state index >= 15 is 0 Å². The Labute approximate surface area is 110 Å². The monoisotopic (exact) mass is 266 g/mol. The molecular formula is C14H14ClFNO+. The zero-order valence-electron chi connectivity index (χ0n) is 9.83. The maximum absolute atomic E-state index is 13.0. The standard InChI is InChI=1S/C14H13ClFNO/c1-2-7-17-9-11-4-6-14(18-11)10-3-5-13(16)12(15)8-10/h2-6,8,17H,1,7,9H2/p+1. The third-order valence-electron chi connectivity index (χ3n) is 2.54. The van der Waals surface area contributed by atoms with Gasteiger partial charge in [-0.15, -0.1) is 0 Å². The smallest absolute Gasteiger partial charge is 0.158 e. The van der Waals surface area contributed by atoms with Crippen molar-refractivity contribution in [2.45, 2.75) is 6.54 Å². The van der Waals surface area contributed by atoms with Gasteiger partial charge in [0.2, 0.25) is 0 Å². The van der Waals surface area contributed by atoms with Gasteiger partial charge < -0.3 is 9.73 Å². The summed E-state index contributed by atoms with van der Waals surface area (Å²) in [7, 11) is 0. The highest BCUT2D eigenvalue weighted by molar-refractivity contribution is 6.31.